The molecule has 0 unspecified atom stereocenters. The number of aryl methyl sites for hydroxylation is 3. The first kappa shape index (κ1) is 36.6. The van der Waals surface area contributed by atoms with Crippen LogP contribution in [0.5, 0.6) is 5.75 Å². The van der Waals surface area contributed by atoms with Crippen molar-refractivity contribution in [3.05, 3.63) is 111 Å². The Bertz CT molecular complexity index is 1890. The number of ether oxygens (including phenoxy) is 2. The number of pyridine rings is 1. The molecule has 0 aliphatic rings. The molecule has 0 bridgehead atoms. The molecule has 3 aromatic carbocycles. The number of halogens is 4. The second-order valence-electron chi connectivity index (χ2n) is 11.4. The van der Waals surface area contributed by atoms with Gasteiger partial charge in [0.25, 0.3) is 11.8 Å². The van der Waals surface area contributed by atoms with E-state index in [1.807, 2.05) is 0 Å². The molecule has 4 rings (SSSR count). The van der Waals surface area contributed by atoms with Crippen LogP contribution in [0.3, 0.4) is 0 Å². The molecule has 256 valence electrons. The third-order valence-corrected chi connectivity index (χ3v) is 7.73. The fraction of sp³-hybridized carbons (Fsp3) is 0.250. The molecule has 1 heterocycles. The Morgan fingerprint density at radius 3 is 2.22 bits per heavy atom. The highest BCUT2D eigenvalue weighted by atomic mass is 35.5. The molecule has 1 N–H and O–H groups in total. The van der Waals surface area contributed by atoms with E-state index in [1.54, 1.807) is 52.2 Å². The Morgan fingerprint density at radius 2 is 1.61 bits per heavy atom. The minimum Gasteiger partial charge on any atom is -0.465 e. The van der Waals surface area contributed by atoms with E-state index in [1.165, 1.54) is 42.3 Å². The SMILES string of the molecule is COC(=O)c1cc(C)c(OC(=O)CCCc2ccc(NC(=O)c3ccc(C)nc3-c3ccc(C(F)(F)F)cc3)c(C(=O)N(C)C)c2)c(Cl)c1. The molecule has 9 nitrogen and oxygen atoms in total. The summed E-state index contributed by atoms with van der Waals surface area (Å²) in [4.78, 5) is 56.9. The number of aromatic nitrogens is 1. The highest BCUT2D eigenvalue weighted by molar-refractivity contribution is 6.32. The van der Waals surface area contributed by atoms with Gasteiger partial charge in [-0.05, 0) is 86.3 Å². The average Bonchev–Trinajstić information content (AvgIpc) is 3.05. The third kappa shape index (κ3) is 9.02. The summed E-state index contributed by atoms with van der Waals surface area (Å²) in [5, 5.41) is 2.85. The monoisotopic (exact) mass is 695 g/mol. The number of esters is 2. The maximum absolute atomic E-state index is 13.5. The van der Waals surface area contributed by atoms with E-state index in [0.29, 0.717) is 29.7 Å². The molecule has 0 saturated carbocycles. The van der Waals surface area contributed by atoms with E-state index >= 15 is 0 Å². The lowest BCUT2D eigenvalue weighted by atomic mass is 10.0. The zero-order chi connectivity index (χ0) is 36.0. The summed E-state index contributed by atoms with van der Waals surface area (Å²) in [6.45, 7) is 3.34. The van der Waals surface area contributed by atoms with Crippen molar-refractivity contribution in [2.75, 3.05) is 26.5 Å². The molecule has 0 aliphatic carbocycles. The quantitative estimate of drug-likeness (QED) is 0.134. The number of hydrogen-bond donors (Lipinski definition) is 1. The fourth-order valence-electron chi connectivity index (χ4n) is 4.94. The van der Waals surface area contributed by atoms with Gasteiger partial charge in [-0.15, -0.1) is 0 Å². The van der Waals surface area contributed by atoms with E-state index in [0.717, 1.165) is 17.7 Å². The number of amides is 2. The van der Waals surface area contributed by atoms with Gasteiger partial charge in [0.05, 0.1) is 45.8 Å². The van der Waals surface area contributed by atoms with Crippen LogP contribution < -0.4 is 10.1 Å². The van der Waals surface area contributed by atoms with Gasteiger partial charge in [-0.2, -0.15) is 13.2 Å². The van der Waals surface area contributed by atoms with Gasteiger partial charge in [-0.3, -0.25) is 19.4 Å². The molecule has 2 amide bonds. The molecule has 49 heavy (non-hydrogen) atoms. The maximum Gasteiger partial charge on any atom is 0.416 e. The van der Waals surface area contributed by atoms with Crippen LogP contribution >= 0.6 is 11.6 Å². The Morgan fingerprint density at radius 1 is 0.918 bits per heavy atom. The van der Waals surface area contributed by atoms with Crippen molar-refractivity contribution in [2.45, 2.75) is 39.3 Å². The molecule has 0 saturated heterocycles. The average molecular weight is 696 g/mol. The third-order valence-electron chi connectivity index (χ3n) is 7.45. The Hall–Kier alpha value is -5.23. The molecule has 1 aromatic heterocycles. The minimum absolute atomic E-state index is 0.0249. The van der Waals surface area contributed by atoms with E-state index in [9.17, 15) is 32.3 Å². The van der Waals surface area contributed by atoms with Crippen molar-refractivity contribution in [1.82, 2.24) is 9.88 Å². The topological polar surface area (TPSA) is 115 Å². The molecule has 0 atom stereocenters. The predicted molar refractivity (Wildman–Crippen MR) is 178 cm³/mol. The van der Waals surface area contributed by atoms with Crippen molar-refractivity contribution in [3.8, 4) is 17.0 Å². The summed E-state index contributed by atoms with van der Waals surface area (Å²) in [7, 11) is 4.37. The van der Waals surface area contributed by atoms with E-state index < -0.39 is 29.6 Å². The van der Waals surface area contributed by atoms with Crippen molar-refractivity contribution in [2.24, 2.45) is 0 Å². The lowest BCUT2D eigenvalue weighted by molar-refractivity contribution is -0.137. The smallest absolute Gasteiger partial charge is 0.416 e. The van der Waals surface area contributed by atoms with Crippen LogP contribution in [0.2, 0.25) is 5.02 Å². The predicted octanol–water partition coefficient (Wildman–Crippen LogP) is 7.71. The standard InChI is InChI=1S/C36H33ClF3N3O6/c1-20-17-24(35(47)48-5)19-28(37)32(20)49-30(44)8-6-7-22-10-16-29(27(18-22)34(46)43(3)4)42-33(45)26-15-9-21(2)41-31(26)23-11-13-25(14-12-23)36(38,39)40/h9-19H,6-8H2,1-5H3,(H,42,45). The summed E-state index contributed by atoms with van der Waals surface area (Å²) in [5.41, 5.74) is 2.17. The summed E-state index contributed by atoms with van der Waals surface area (Å²) >= 11 is 6.25. The first-order valence-corrected chi connectivity index (χ1v) is 15.4. The number of alkyl halides is 3. The minimum atomic E-state index is -4.52. The van der Waals surface area contributed by atoms with Gasteiger partial charge in [0.2, 0.25) is 0 Å². The maximum atomic E-state index is 13.5. The summed E-state index contributed by atoms with van der Waals surface area (Å²) in [6.07, 6.45) is -3.73. The highest BCUT2D eigenvalue weighted by Gasteiger charge is 2.30. The fourth-order valence-corrected chi connectivity index (χ4v) is 5.24. The molecule has 0 radical (unpaired) electrons. The second-order valence-corrected chi connectivity index (χ2v) is 11.8. The van der Waals surface area contributed by atoms with Gasteiger partial charge < -0.3 is 19.7 Å². The normalized spacial score (nSPS) is 11.1. The van der Waals surface area contributed by atoms with Gasteiger partial charge in [0, 0.05) is 31.8 Å². The molecular formula is C36H33ClF3N3O6. The summed E-state index contributed by atoms with van der Waals surface area (Å²) in [6, 6.07) is 15.3. The van der Waals surface area contributed by atoms with Crippen LogP contribution in [-0.2, 0) is 22.1 Å². The van der Waals surface area contributed by atoms with E-state index in [4.69, 9.17) is 21.1 Å². The Balaban J connectivity index is 1.50. The van der Waals surface area contributed by atoms with Gasteiger partial charge in [-0.25, -0.2) is 4.79 Å². The van der Waals surface area contributed by atoms with Gasteiger partial charge >= 0.3 is 18.1 Å². The Kier molecular flexibility index (Phi) is 11.5. The van der Waals surface area contributed by atoms with E-state index in [-0.39, 0.29) is 51.2 Å². The molecule has 4 aromatic rings. The first-order chi connectivity index (χ1) is 23.1. The number of carbonyl (C=O) groups is 4. The number of nitrogens with zero attached hydrogens (tertiary/aromatic N) is 2. The van der Waals surface area contributed by atoms with Gasteiger partial charge in [-0.1, -0.05) is 29.8 Å². The summed E-state index contributed by atoms with van der Waals surface area (Å²) < 4.78 is 49.6. The van der Waals surface area contributed by atoms with Crippen LogP contribution in [0.4, 0.5) is 18.9 Å². The van der Waals surface area contributed by atoms with Crippen molar-refractivity contribution in [1.29, 1.82) is 0 Å². The molecule has 0 spiro atoms. The van der Waals surface area contributed by atoms with Crippen molar-refractivity contribution in [3.63, 3.8) is 0 Å². The van der Waals surface area contributed by atoms with Gasteiger partial charge in [0.15, 0.2) is 5.75 Å². The van der Waals surface area contributed by atoms with Crippen LogP contribution in [0.15, 0.2) is 66.7 Å². The van der Waals surface area contributed by atoms with Crippen LogP contribution in [-0.4, -0.2) is 54.8 Å². The number of methoxy groups -OCH3 is 1. The number of anilines is 1. The number of nitrogens with one attached hydrogen (secondary N) is 1. The van der Waals surface area contributed by atoms with Crippen molar-refractivity contribution >= 4 is 41.0 Å². The highest BCUT2D eigenvalue weighted by Crippen LogP contribution is 2.33. The largest absolute Gasteiger partial charge is 0.465 e. The number of rotatable bonds is 10. The molecular weight excluding hydrogens is 663 g/mol. The number of hydrogen-bond acceptors (Lipinski definition) is 7. The lowest BCUT2D eigenvalue weighted by Gasteiger charge is -2.17. The number of benzene rings is 3. The second kappa shape index (κ2) is 15.3. The zero-order valence-corrected chi connectivity index (χ0v) is 28.1. The van der Waals surface area contributed by atoms with Crippen LogP contribution in [0.1, 0.15) is 66.3 Å². The first-order valence-electron chi connectivity index (χ1n) is 15.0. The number of carbonyl (C=O) groups excluding carboxylic acids is 4. The van der Waals surface area contributed by atoms with Crippen molar-refractivity contribution < 1.29 is 41.8 Å². The molecule has 13 heteroatoms. The van der Waals surface area contributed by atoms with Crippen LogP contribution in [0.25, 0.3) is 11.3 Å². The zero-order valence-electron chi connectivity index (χ0n) is 27.3. The summed E-state index contributed by atoms with van der Waals surface area (Å²) in [5.74, 6) is -1.97. The van der Waals surface area contributed by atoms with E-state index in [2.05, 4.69) is 10.3 Å². The van der Waals surface area contributed by atoms with Crippen LogP contribution in [0, 0.1) is 13.8 Å². The molecule has 0 aliphatic heterocycles. The lowest BCUT2D eigenvalue weighted by Crippen LogP contribution is -2.24. The molecule has 0 fully saturated rings. The Labute approximate surface area is 286 Å². The van der Waals surface area contributed by atoms with Gasteiger partial charge in [0.1, 0.15) is 0 Å².